The number of rotatable bonds is 0. The molecule has 0 saturated heterocycles. The Morgan fingerprint density at radius 1 is 0.550 bits per heavy atom. The molecule has 0 rings (SSSR count). The molecule has 0 atom stereocenters. The van der Waals surface area contributed by atoms with Gasteiger partial charge in [-0.15, -0.1) is 6.61 Å². The van der Waals surface area contributed by atoms with E-state index in [9.17, 15) is 0 Å². The van der Waals surface area contributed by atoms with Crippen molar-refractivity contribution in [2.24, 2.45) is 0 Å². The molecule has 6 nitrogen and oxygen atoms in total. The van der Waals surface area contributed by atoms with Crippen LogP contribution in [0.2, 0.25) is 0 Å². The second-order valence-corrected chi connectivity index (χ2v) is 1.87. The molecule has 0 aromatic heterocycles. The van der Waals surface area contributed by atoms with Gasteiger partial charge in [-0.25, -0.2) is 0 Å². The molecule has 8 heteroatoms. The van der Waals surface area contributed by atoms with Crippen LogP contribution < -0.4 is 56.5 Å². The Balaban J connectivity index is -0.0000000141. The van der Waals surface area contributed by atoms with Crippen molar-refractivity contribution in [1.82, 2.24) is 0 Å². The molecule has 0 amide bonds. The van der Waals surface area contributed by atoms with E-state index in [-0.39, 0.29) is 113 Å². The van der Waals surface area contributed by atoms with Gasteiger partial charge in [0, 0.05) is 55.4 Å². The molecule has 0 aromatic rings. The number of aliphatic hydroxyl groups is 5. The van der Waals surface area contributed by atoms with Crippen LogP contribution >= 0.6 is 0 Å². The molecule has 0 heterocycles. The van der Waals surface area contributed by atoms with Gasteiger partial charge in [0.2, 0.25) is 0 Å². The molecule has 0 saturated carbocycles. The third-order valence-corrected chi connectivity index (χ3v) is 0. The van der Waals surface area contributed by atoms with Crippen molar-refractivity contribution < 1.29 is 104 Å². The number of hydrogen-bond acceptors (Lipinski definition) is 6. The Morgan fingerprint density at radius 3 is 0.550 bits per heavy atom. The third kappa shape index (κ3) is 1620. The molecule has 125 valence electrons. The van der Waals surface area contributed by atoms with E-state index in [2.05, 4.69) is 0 Å². The van der Waals surface area contributed by atoms with Gasteiger partial charge in [-0.2, -0.15) is 0 Å². The first-order chi connectivity index (χ1) is 8.49. The van der Waals surface area contributed by atoms with Crippen molar-refractivity contribution in [3.8, 4) is 0 Å². The average molecular weight is 407 g/mol. The summed E-state index contributed by atoms with van der Waals surface area (Å²) in [5.74, 6) is 0. The average Bonchev–Trinajstić information content (AvgIpc) is 2.23. The van der Waals surface area contributed by atoms with Crippen molar-refractivity contribution in [1.29, 1.82) is 0 Å². The van der Waals surface area contributed by atoms with Crippen molar-refractivity contribution >= 4 is 0 Å². The smallest absolute Gasteiger partial charge is 0.855 e. The largest absolute Gasteiger partial charge is 1.00 e. The zero-order valence-corrected chi connectivity index (χ0v) is 19.7. The molecule has 20 heavy (non-hydrogen) atoms. The molecule has 1 radical (unpaired) electrons. The predicted octanol–water partition coefficient (Wildman–Crippen LogP) is -3.64. The van der Waals surface area contributed by atoms with Crippen LogP contribution in [0.25, 0.3) is 0 Å². The maximum Gasteiger partial charge on any atom is 1.00 e. The molecular weight excluding hydrogens is 372 g/mol. The topological polar surface area (TPSA) is 124 Å². The zero-order valence-electron chi connectivity index (χ0n) is 14.3. The molecule has 0 fully saturated rings. The van der Waals surface area contributed by atoms with Gasteiger partial charge in [0.05, 0.1) is 0 Å². The Hall–Kier alpha value is 2.14. The Morgan fingerprint density at radius 2 is 0.550 bits per heavy atom. The first-order valence-corrected chi connectivity index (χ1v) is 6.11. The standard InChI is InChI=1S/5C2H6O.C2H5O.K.Nb/c6*1-2-3;;/h5*3H,2H2,1H3;2H2,1H3;;/q;;;;;-1;+1;. The molecule has 5 N–H and O–H groups in total. The Kier molecular flexibility index (Phi) is 320. The summed E-state index contributed by atoms with van der Waals surface area (Å²) >= 11 is 0. The van der Waals surface area contributed by atoms with E-state index in [0.29, 0.717) is 0 Å². The number of aliphatic hydroxyl groups excluding tert-OH is 5. The van der Waals surface area contributed by atoms with Crippen LogP contribution in [-0.2, 0) is 22.4 Å². The van der Waals surface area contributed by atoms with Crippen LogP contribution in [0.15, 0.2) is 0 Å². The fourth-order valence-electron chi connectivity index (χ4n) is 0. The van der Waals surface area contributed by atoms with E-state index in [1.165, 1.54) is 0 Å². The van der Waals surface area contributed by atoms with E-state index in [0.717, 1.165) is 0 Å². The van der Waals surface area contributed by atoms with Crippen molar-refractivity contribution in [2.45, 2.75) is 41.5 Å². The van der Waals surface area contributed by atoms with Crippen LogP contribution in [0, 0.1) is 0 Å². The van der Waals surface area contributed by atoms with Gasteiger partial charge in [0.25, 0.3) is 0 Å². The summed E-state index contributed by atoms with van der Waals surface area (Å²) in [5, 5.41) is 46.8. The van der Waals surface area contributed by atoms with Crippen molar-refractivity contribution in [2.75, 3.05) is 39.6 Å². The summed E-state index contributed by atoms with van der Waals surface area (Å²) < 4.78 is 0. The Labute approximate surface area is 183 Å². The van der Waals surface area contributed by atoms with E-state index in [1.807, 2.05) is 0 Å². The molecule has 0 aliphatic heterocycles. The monoisotopic (exact) mass is 407 g/mol. The molecule has 0 aliphatic carbocycles. The van der Waals surface area contributed by atoms with Crippen LogP contribution in [0.4, 0.5) is 0 Å². The maximum absolute atomic E-state index is 8.93. The zero-order chi connectivity index (χ0) is 16.2. The van der Waals surface area contributed by atoms with Gasteiger partial charge >= 0.3 is 51.4 Å². The minimum Gasteiger partial charge on any atom is -0.855 e. The van der Waals surface area contributed by atoms with Gasteiger partial charge in [-0.3, -0.25) is 0 Å². The summed E-state index contributed by atoms with van der Waals surface area (Å²) in [7, 11) is 0. The van der Waals surface area contributed by atoms with Crippen LogP contribution in [-0.4, -0.2) is 65.2 Å². The first kappa shape index (κ1) is 49.5. The molecule has 0 unspecified atom stereocenters. The molecular formula is C12H35KNbO6. The second kappa shape index (κ2) is 129. The Bertz CT molecular complexity index is 43.4. The van der Waals surface area contributed by atoms with E-state index in [1.54, 1.807) is 41.5 Å². The minimum absolute atomic E-state index is 0. The van der Waals surface area contributed by atoms with Crippen LogP contribution in [0.5, 0.6) is 0 Å². The predicted molar refractivity (Wildman–Crippen MR) is 74.3 cm³/mol. The fraction of sp³-hybridized carbons (Fsp3) is 1.00. The van der Waals surface area contributed by atoms with Gasteiger partial charge in [-0.05, 0) is 34.6 Å². The van der Waals surface area contributed by atoms with Crippen LogP contribution in [0.1, 0.15) is 41.5 Å². The van der Waals surface area contributed by atoms with Crippen molar-refractivity contribution in [3.63, 3.8) is 0 Å². The summed E-state index contributed by atoms with van der Waals surface area (Å²) in [6.07, 6.45) is 0. The maximum atomic E-state index is 8.93. The molecule has 0 bridgehead atoms. The van der Waals surface area contributed by atoms with Gasteiger partial charge in [0.15, 0.2) is 0 Å². The fourth-order valence-corrected chi connectivity index (χ4v) is 0. The summed E-state index contributed by atoms with van der Waals surface area (Å²) in [5.41, 5.74) is 0. The first-order valence-electron chi connectivity index (χ1n) is 6.11. The van der Waals surface area contributed by atoms with E-state index >= 15 is 0 Å². The summed E-state index contributed by atoms with van der Waals surface area (Å²) in [6.45, 7) is 11.2. The minimum atomic E-state index is 0. The van der Waals surface area contributed by atoms with E-state index < -0.39 is 0 Å². The van der Waals surface area contributed by atoms with Gasteiger partial charge in [0.1, 0.15) is 0 Å². The second-order valence-electron chi connectivity index (χ2n) is 1.87. The molecule has 0 spiro atoms. The third-order valence-electron chi connectivity index (χ3n) is 0. The number of hydrogen-bond donors (Lipinski definition) is 5. The quantitative estimate of drug-likeness (QED) is 0.264. The van der Waals surface area contributed by atoms with Crippen LogP contribution in [0.3, 0.4) is 0 Å². The summed E-state index contributed by atoms with van der Waals surface area (Å²) in [4.78, 5) is 0. The van der Waals surface area contributed by atoms with Crippen molar-refractivity contribution in [3.05, 3.63) is 0 Å². The van der Waals surface area contributed by atoms with Gasteiger partial charge < -0.3 is 30.6 Å². The normalized spacial score (nSPS) is 5.40. The molecule has 0 aliphatic rings. The van der Waals surface area contributed by atoms with Gasteiger partial charge in [-0.1, -0.05) is 6.92 Å². The molecule has 0 aromatic carbocycles. The summed E-state index contributed by atoms with van der Waals surface area (Å²) in [6, 6.07) is 0. The van der Waals surface area contributed by atoms with E-state index in [4.69, 9.17) is 30.6 Å². The SMILES string of the molecule is CCO.CCO.CCO.CCO.CCO.CC[O-].[K+].[Nb].